The summed E-state index contributed by atoms with van der Waals surface area (Å²) in [6.45, 7) is 4.11. The Morgan fingerprint density at radius 2 is 0.655 bits per heavy atom. The first-order valence-corrected chi connectivity index (χ1v) is 34.0. The van der Waals surface area contributed by atoms with Gasteiger partial charge in [-0.15, -0.1) is 0 Å². The first-order valence-electron chi connectivity index (χ1n) is 32.5. The average molecular weight is 1180 g/mol. The van der Waals surface area contributed by atoms with Crippen LogP contribution in [0.5, 0.6) is 0 Å². The number of quaternary nitrogens is 1. The number of likely N-dealkylation sites (N-methyl/N-ethyl adjacent to an activating group) is 1. The Hall–Kier alpha value is -4.89. The third kappa shape index (κ3) is 66.3. The molecule has 0 fully saturated rings. The predicted molar refractivity (Wildman–Crippen MR) is 362 cm³/mol. The van der Waals surface area contributed by atoms with Gasteiger partial charge in [-0.25, -0.2) is 4.57 Å². The van der Waals surface area contributed by atoms with Crippen LogP contribution in [0.3, 0.4) is 0 Å². The third-order valence-corrected chi connectivity index (χ3v) is 13.9. The number of hydrogen-bond donors (Lipinski definition) is 1. The van der Waals surface area contributed by atoms with Gasteiger partial charge in [-0.2, -0.15) is 0 Å². The van der Waals surface area contributed by atoms with Crippen LogP contribution in [0.2, 0.25) is 0 Å². The number of nitrogens with zero attached hydrogens (tertiary/aromatic N) is 1. The van der Waals surface area contributed by atoms with Gasteiger partial charge in [0.05, 0.1) is 27.7 Å². The van der Waals surface area contributed by atoms with Crippen LogP contribution in [-0.4, -0.2) is 74.9 Å². The maximum absolute atomic E-state index is 12.9. The first-order chi connectivity index (χ1) is 41.0. The highest BCUT2D eigenvalue weighted by Gasteiger charge is 2.27. The Labute approximate surface area is 514 Å². The Kier molecular flexibility index (Phi) is 59.0. The SMILES string of the molecule is CC/C=C\C/C=C\C/C=C\C/C=C\C/C=C\C/C=C\C/C=C\C/C=C\CCCCCCCCCCCCCCC(=O)OC(COC(=O)CCC/C=C\C/C=C\C/C=C\C/C=C\C/C=C\C/C=C\C/C=C\CC)COP(=O)(O)OCC[N+](C)(C)C. The summed E-state index contributed by atoms with van der Waals surface area (Å²) in [6.07, 6.45) is 97.0. The van der Waals surface area contributed by atoms with E-state index < -0.39 is 32.5 Å². The summed E-state index contributed by atoms with van der Waals surface area (Å²) < 4.78 is 34.6. The standard InChI is InChI=1S/C74H118NO8P/c1-6-8-10-12-14-16-18-20-22-24-26-28-30-31-32-33-34-35-36-37-38-39-40-41-42-43-45-47-49-51-53-55-57-59-61-63-65-67-74(77)83-72(71-82-84(78,79)81-69-68-75(3,4)5)70-80-73(76)66-64-62-60-58-56-54-52-50-48-46-44-29-27-25-23-21-19-17-15-13-11-9-7-2/h8-11,14-17,20-23,26-29,31-32,34-35,37-38,40-41,46,48,52,54,58,60,72H,6-7,12-13,18-19,24-25,30,33,36,39,42-45,47,49-51,53,55-57,59,61-71H2,1-5H3/p+1/b10-8-,11-9-,16-14-,17-15-,22-20-,23-21-,28-26-,29-27-,32-31-,35-34-,38-37-,41-40-,48-46-,54-52-,60-58-. The van der Waals surface area contributed by atoms with Crippen LogP contribution in [0.4, 0.5) is 0 Å². The summed E-state index contributed by atoms with van der Waals surface area (Å²) in [6, 6.07) is 0. The van der Waals surface area contributed by atoms with Crippen molar-refractivity contribution < 1.29 is 42.1 Å². The number of unbranched alkanes of at least 4 members (excludes halogenated alkanes) is 13. The number of rotatable bonds is 57. The number of phosphoric acid groups is 1. The number of hydrogen-bond acceptors (Lipinski definition) is 7. The number of carbonyl (C=O) groups excluding carboxylic acids is 2. The average Bonchev–Trinajstić information content (AvgIpc) is 3.61. The Morgan fingerprint density at radius 1 is 0.369 bits per heavy atom. The lowest BCUT2D eigenvalue weighted by Crippen LogP contribution is -2.37. The molecule has 472 valence electrons. The van der Waals surface area contributed by atoms with Gasteiger partial charge in [-0.1, -0.05) is 260 Å². The van der Waals surface area contributed by atoms with E-state index in [0.29, 0.717) is 23.9 Å². The van der Waals surface area contributed by atoms with Crippen LogP contribution in [0.1, 0.15) is 219 Å². The number of allylic oxidation sites excluding steroid dienone is 30. The van der Waals surface area contributed by atoms with Gasteiger partial charge in [0.15, 0.2) is 6.10 Å². The minimum Gasteiger partial charge on any atom is -0.462 e. The predicted octanol–water partition coefficient (Wildman–Crippen LogP) is 21.1. The summed E-state index contributed by atoms with van der Waals surface area (Å²) >= 11 is 0. The zero-order valence-electron chi connectivity index (χ0n) is 53.6. The molecule has 1 N–H and O–H groups in total. The van der Waals surface area contributed by atoms with E-state index in [2.05, 4.69) is 196 Å². The molecule has 0 heterocycles. The van der Waals surface area contributed by atoms with Gasteiger partial charge in [-0.05, 0) is 128 Å². The molecule has 0 aromatic carbocycles. The fourth-order valence-corrected chi connectivity index (χ4v) is 8.76. The topological polar surface area (TPSA) is 108 Å². The van der Waals surface area contributed by atoms with E-state index in [-0.39, 0.29) is 26.1 Å². The normalized spacial score (nSPS) is 14.4. The van der Waals surface area contributed by atoms with Gasteiger partial charge in [0.25, 0.3) is 0 Å². The summed E-state index contributed by atoms with van der Waals surface area (Å²) in [5.41, 5.74) is 0. The van der Waals surface area contributed by atoms with Crippen molar-refractivity contribution in [3.05, 3.63) is 182 Å². The smallest absolute Gasteiger partial charge is 0.462 e. The molecule has 84 heavy (non-hydrogen) atoms. The third-order valence-electron chi connectivity index (χ3n) is 12.9. The lowest BCUT2D eigenvalue weighted by Gasteiger charge is -2.24. The van der Waals surface area contributed by atoms with E-state index >= 15 is 0 Å². The lowest BCUT2D eigenvalue weighted by molar-refractivity contribution is -0.870. The monoisotopic (exact) mass is 1180 g/mol. The Balaban J connectivity index is 4.20. The van der Waals surface area contributed by atoms with E-state index in [1.54, 1.807) is 0 Å². The van der Waals surface area contributed by atoms with E-state index in [4.69, 9.17) is 18.5 Å². The second kappa shape index (κ2) is 62.6. The van der Waals surface area contributed by atoms with Gasteiger partial charge in [0.1, 0.15) is 19.8 Å². The molecule has 2 unspecified atom stereocenters. The van der Waals surface area contributed by atoms with Crippen LogP contribution in [0, 0.1) is 0 Å². The van der Waals surface area contributed by atoms with Crippen molar-refractivity contribution in [3.8, 4) is 0 Å². The summed E-state index contributed by atoms with van der Waals surface area (Å²) in [4.78, 5) is 35.8. The summed E-state index contributed by atoms with van der Waals surface area (Å²) in [5, 5.41) is 0. The molecule has 0 aromatic rings. The number of esters is 2. The molecule has 2 atom stereocenters. The molecule has 9 nitrogen and oxygen atoms in total. The van der Waals surface area contributed by atoms with Crippen LogP contribution in [-0.2, 0) is 32.7 Å². The fourth-order valence-electron chi connectivity index (χ4n) is 8.02. The van der Waals surface area contributed by atoms with E-state index in [1.165, 1.54) is 51.4 Å². The largest absolute Gasteiger partial charge is 0.472 e. The Morgan fingerprint density at radius 3 is 0.988 bits per heavy atom. The highest BCUT2D eigenvalue weighted by atomic mass is 31.2. The van der Waals surface area contributed by atoms with Crippen LogP contribution in [0.15, 0.2) is 182 Å². The number of carbonyl (C=O) groups is 2. The minimum absolute atomic E-state index is 0.0123. The highest BCUT2D eigenvalue weighted by molar-refractivity contribution is 7.47. The second-order valence-electron chi connectivity index (χ2n) is 22.0. The molecule has 0 spiro atoms. The van der Waals surface area contributed by atoms with Crippen LogP contribution < -0.4 is 0 Å². The molecular formula is C74H119NO8P+. The van der Waals surface area contributed by atoms with Crippen molar-refractivity contribution in [2.45, 2.75) is 225 Å². The molecule has 0 aliphatic rings. The van der Waals surface area contributed by atoms with Crippen molar-refractivity contribution in [1.29, 1.82) is 0 Å². The molecule has 0 bridgehead atoms. The molecule has 0 saturated carbocycles. The van der Waals surface area contributed by atoms with Crippen molar-refractivity contribution in [2.24, 2.45) is 0 Å². The molecule has 0 amide bonds. The molecule has 0 aliphatic heterocycles. The fraction of sp³-hybridized carbons (Fsp3) is 0.568. The van der Waals surface area contributed by atoms with E-state index in [0.717, 1.165) is 128 Å². The molecule has 0 rings (SSSR count). The van der Waals surface area contributed by atoms with Gasteiger partial charge in [0.2, 0.25) is 0 Å². The zero-order chi connectivity index (χ0) is 61.2. The van der Waals surface area contributed by atoms with Gasteiger partial charge >= 0.3 is 19.8 Å². The number of phosphoric ester groups is 1. The second-order valence-corrected chi connectivity index (χ2v) is 23.5. The quantitative estimate of drug-likeness (QED) is 0.0211. The van der Waals surface area contributed by atoms with E-state index in [9.17, 15) is 19.0 Å². The van der Waals surface area contributed by atoms with Crippen molar-refractivity contribution in [1.82, 2.24) is 0 Å². The molecule has 10 heteroatoms. The van der Waals surface area contributed by atoms with Crippen LogP contribution in [0.25, 0.3) is 0 Å². The Bertz CT molecular complexity index is 2070. The maximum atomic E-state index is 12.9. The molecule has 0 aliphatic carbocycles. The van der Waals surface area contributed by atoms with Gasteiger partial charge < -0.3 is 18.9 Å². The van der Waals surface area contributed by atoms with Crippen molar-refractivity contribution in [3.63, 3.8) is 0 Å². The minimum atomic E-state index is -4.42. The van der Waals surface area contributed by atoms with Gasteiger partial charge in [0, 0.05) is 12.8 Å². The van der Waals surface area contributed by atoms with Gasteiger partial charge in [-0.3, -0.25) is 18.6 Å². The summed E-state index contributed by atoms with van der Waals surface area (Å²) in [5.74, 6) is -0.883. The lowest BCUT2D eigenvalue weighted by atomic mass is 10.0. The van der Waals surface area contributed by atoms with E-state index in [1.807, 2.05) is 21.1 Å². The highest BCUT2D eigenvalue weighted by Crippen LogP contribution is 2.43. The molecule has 0 radical (unpaired) electrons. The van der Waals surface area contributed by atoms with Crippen molar-refractivity contribution in [2.75, 3.05) is 47.5 Å². The summed E-state index contributed by atoms with van der Waals surface area (Å²) in [7, 11) is 1.42. The number of ether oxygens (including phenoxy) is 2. The van der Waals surface area contributed by atoms with Crippen LogP contribution >= 0.6 is 7.82 Å². The molecule has 0 aromatic heterocycles. The maximum Gasteiger partial charge on any atom is 0.472 e. The first kappa shape index (κ1) is 79.1. The molecule has 0 saturated heterocycles. The molecular weight excluding hydrogens is 1060 g/mol. The van der Waals surface area contributed by atoms with Crippen molar-refractivity contribution >= 4 is 19.8 Å². The zero-order valence-corrected chi connectivity index (χ0v) is 54.4.